The van der Waals surface area contributed by atoms with Crippen LogP contribution in [0.5, 0.6) is 0 Å². The highest BCUT2D eigenvalue weighted by Crippen LogP contribution is 2.26. The Morgan fingerprint density at radius 2 is 0.865 bits per heavy atom. The lowest BCUT2D eigenvalue weighted by Gasteiger charge is -2.42. The van der Waals surface area contributed by atoms with Gasteiger partial charge in [-0.1, -0.05) is 209 Å². The van der Waals surface area contributed by atoms with Crippen molar-refractivity contribution in [2.45, 2.75) is 268 Å². The fraction of sp³-hybridized carbons (Fsp3) is 0.783. The van der Waals surface area contributed by atoms with Gasteiger partial charge >= 0.3 is 5.97 Å². The largest absolute Gasteiger partial charge is 0.457 e. The van der Waals surface area contributed by atoms with Gasteiger partial charge in [0, 0.05) is 13.0 Å². The van der Waals surface area contributed by atoms with Crippen LogP contribution in [0.25, 0.3) is 0 Å². The summed E-state index contributed by atoms with van der Waals surface area (Å²) in [5, 5.41) is 72.3. The number of carbonyl (C=O) groups excluding carboxylic acids is 1. The van der Waals surface area contributed by atoms with E-state index in [9.17, 15) is 40.5 Å². The van der Waals surface area contributed by atoms with Crippen molar-refractivity contribution >= 4 is 5.97 Å². The van der Waals surface area contributed by atoms with Crippen molar-refractivity contribution in [3.05, 3.63) is 72.9 Å². The molecule has 0 saturated carbocycles. The summed E-state index contributed by atoms with van der Waals surface area (Å²) in [7, 11) is 0. The van der Waals surface area contributed by atoms with Crippen molar-refractivity contribution < 1.29 is 69.0 Å². The van der Waals surface area contributed by atoms with E-state index in [2.05, 4.69) is 86.8 Å². The summed E-state index contributed by atoms with van der Waals surface area (Å²) in [6.07, 6.45) is 42.6. The van der Waals surface area contributed by atoms with Crippen molar-refractivity contribution in [3.8, 4) is 0 Å². The molecule has 74 heavy (non-hydrogen) atoms. The highest BCUT2D eigenvalue weighted by Gasteiger charge is 2.47. The maximum Gasteiger partial charge on any atom is 0.306 e. The van der Waals surface area contributed by atoms with Crippen molar-refractivity contribution in [1.29, 1.82) is 0 Å². The molecular formula is C60H104O14. The number of carbonyl (C=O) groups is 1. The van der Waals surface area contributed by atoms with E-state index >= 15 is 0 Å². The average Bonchev–Trinajstić information content (AvgIpc) is 3.40. The molecule has 11 atom stereocenters. The molecule has 0 aromatic heterocycles. The average molecular weight is 1050 g/mol. The Morgan fingerprint density at radius 1 is 0.459 bits per heavy atom. The number of esters is 1. The molecule has 0 bridgehead atoms. The molecule has 2 heterocycles. The van der Waals surface area contributed by atoms with E-state index in [1.807, 2.05) is 0 Å². The summed E-state index contributed by atoms with van der Waals surface area (Å²) in [6.45, 7) is 3.44. The van der Waals surface area contributed by atoms with E-state index in [1.165, 1.54) is 103 Å². The predicted molar refractivity (Wildman–Crippen MR) is 293 cm³/mol. The first kappa shape index (κ1) is 67.5. The molecule has 2 fully saturated rings. The van der Waals surface area contributed by atoms with Gasteiger partial charge in [0.05, 0.1) is 26.4 Å². The Kier molecular flexibility index (Phi) is 42.5. The Hall–Kier alpha value is -2.57. The lowest BCUT2D eigenvalue weighted by atomic mass is 9.98. The standard InChI is InChI=1S/C60H104O14/c1-3-5-7-9-11-13-15-17-19-21-23-25-27-29-31-33-35-37-39-41-43-52(62)72-49(46-69-44-42-40-38-36-34-32-30-28-26-24-22-20-18-16-14-12-10-8-6-4-2)47-70-59-58(68)56(66)54(64)51(74-59)48-71-60-57(67)55(65)53(63)50(45-61)73-60/h6,8,12,14,18,20,24,26,30,32,36,38,49-51,53-61,63-68H,3-5,7,9-11,13,15-17,19,21-23,25,27-29,31,33-35,37,39-48H2,1-2H3/b8-6-,14-12-,20-18-,26-24-,32-30-,38-36-. The van der Waals surface area contributed by atoms with Gasteiger partial charge in [0.25, 0.3) is 0 Å². The molecule has 0 amide bonds. The maximum atomic E-state index is 13.1. The topological polar surface area (TPSA) is 214 Å². The first-order valence-corrected chi connectivity index (χ1v) is 29.0. The Labute approximate surface area is 447 Å². The van der Waals surface area contributed by atoms with Crippen LogP contribution in [-0.2, 0) is 33.2 Å². The molecule has 2 saturated heterocycles. The molecule has 14 nitrogen and oxygen atoms in total. The van der Waals surface area contributed by atoms with Gasteiger partial charge in [-0.2, -0.15) is 0 Å². The van der Waals surface area contributed by atoms with E-state index in [4.69, 9.17) is 28.4 Å². The molecular weight excluding hydrogens is 945 g/mol. The Bertz CT molecular complexity index is 1500. The number of rotatable bonds is 46. The van der Waals surface area contributed by atoms with E-state index in [1.54, 1.807) is 0 Å². The number of hydrogen-bond acceptors (Lipinski definition) is 14. The third-order valence-corrected chi connectivity index (χ3v) is 13.5. The lowest BCUT2D eigenvalue weighted by Crippen LogP contribution is -2.61. The van der Waals surface area contributed by atoms with Crippen LogP contribution in [0, 0.1) is 0 Å². The zero-order valence-corrected chi connectivity index (χ0v) is 45.8. The smallest absolute Gasteiger partial charge is 0.306 e. The van der Waals surface area contributed by atoms with Crippen LogP contribution >= 0.6 is 0 Å². The first-order valence-electron chi connectivity index (χ1n) is 29.0. The monoisotopic (exact) mass is 1050 g/mol. The molecule has 2 aliphatic rings. The van der Waals surface area contributed by atoms with E-state index in [-0.39, 0.29) is 19.6 Å². The van der Waals surface area contributed by atoms with Gasteiger partial charge in [-0.15, -0.1) is 0 Å². The minimum Gasteiger partial charge on any atom is -0.457 e. The minimum absolute atomic E-state index is 0.0202. The second-order valence-corrected chi connectivity index (χ2v) is 20.1. The summed E-state index contributed by atoms with van der Waals surface area (Å²) in [6, 6.07) is 0. The number of aliphatic hydroxyl groups is 7. The van der Waals surface area contributed by atoms with Crippen LogP contribution in [-0.4, -0.2) is 142 Å². The predicted octanol–water partition coefficient (Wildman–Crippen LogP) is 10.2. The molecule has 0 aromatic carbocycles. The summed E-state index contributed by atoms with van der Waals surface area (Å²) in [5.41, 5.74) is 0. The van der Waals surface area contributed by atoms with Crippen LogP contribution in [0.4, 0.5) is 0 Å². The van der Waals surface area contributed by atoms with Crippen molar-refractivity contribution in [3.63, 3.8) is 0 Å². The van der Waals surface area contributed by atoms with Crippen LogP contribution < -0.4 is 0 Å². The summed E-state index contributed by atoms with van der Waals surface area (Å²) < 4.78 is 34.3. The van der Waals surface area contributed by atoms with Gasteiger partial charge in [0.15, 0.2) is 12.6 Å². The second-order valence-electron chi connectivity index (χ2n) is 20.1. The molecule has 0 aliphatic carbocycles. The van der Waals surface area contributed by atoms with Crippen molar-refractivity contribution in [1.82, 2.24) is 0 Å². The quantitative estimate of drug-likeness (QED) is 0.0172. The molecule has 0 radical (unpaired) electrons. The summed E-state index contributed by atoms with van der Waals surface area (Å²) in [5.74, 6) is -0.394. The first-order chi connectivity index (χ1) is 36.1. The number of ether oxygens (including phenoxy) is 6. The third kappa shape index (κ3) is 32.9. The van der Waals surface area contributed by atoms with E-state index < -0.39 is 86.7 Å². The van der Waals surface area contributed by atoms with E-state index in [0.717, 1.165) is 70.6 Å². The van der Waals surface area contributed by atoms with Crippen molar-refractivity contribution in [2.24, 2.45) is 0 Å². The second kappa shape index (κ2) is 46.5. The van der Waals surface area contributed by atoms with Crippen LogP contribution in [0.2, 0.25) is 0 Å². The normalized spacial score (nSPS) is 25.3. The maximum absolute atomic E-state index is 13.1. The van der Waals surface area contributed by atoms with Gasteiger partial charge in [-0.25, -0.2) is 0 Å². The molecule has 2 rings (SSSR count). The van der Waals surface area contributed by atoms with Crippen molar-refractivity contribution in [2.75, 3.05) is 33.0 Å². The fourth-order valence-corrected chi connectivity index (χ4v) is 8.83. The molecule has 14 heteroatoms. The van der Waals surface area contributed by atoms with Crippen LogP contribution in [0.1, 0.15) is 200 Å². The molecule has 2 aliphatic heterocycles. The van der Waals surface area contributed by atoms with Gasteiger partial charge in [-0.3, -0.25) is 4.79 Å². The number of aliphatic hydroxyl groups excluding tert-OH is 7. The Morgan fingerprint density at radius 3 is 1.32 bits per heavy atom. The SMILES string of the molecule is CC/C=C\C/C=C\C/C=C\C/C=C\C/C=C\C/C=C\CCCOCC(COC1OC(COC2OC(CO)C(O)C(O)C2O)C(O)C(O)C1O)OC(=O)CCCCCCCCCCCCCCCCCCCCCC. The van der Waals surface area contributed by atoms with Gasteiger partial charge in [0.2, 0.25) is 0 Å². The van der Waals surface area contributed by atoms with Gasteiger partial charge in [-0.05, 0) is 57.8 Å². The third-order valence-electron chi connectivity index (χ3n) is 13.5. The zero-order valence-electron chi connectivity index (χ0n) is 45.8. The van der Waals surface area contributed by atoms with Gasteiger partial charge < -0.3 is 64.2 Å². The number of unbranched alkanes of at least 4 members (excludes halogenated alkanes) is 20. The molecule has 11 unspecified atom stereocenters. The fourth-order valence-electron chi connectivity index (χ4n) is 8.83. The lowest BCUT2D eigenvalue weighted by molar-refractivity contribution is -0.332. The van der Waals surface area contributed by atoms with E-state index in [0.29, 0.717) is 13.0 Å². The zero-order chi connectivity index (χ0) is 53.7. The van der Waals surface area contributed by atoms with Crippen LogP contribution in [0.3, 0.4) is 0 Å². The molecule has 0 spiro atoms. The molecule has 428 valence electrons. The Balaban J connectivity index is 1.75. The number of allylic oxidation sites excluding steroid dienone is 12. The summed E-state index contributed by atoms with van der Waals surface area (Å²) >= 11 is 0. The summed E-state index contributed by atoms with van der Waals surface area (Å²) in [4.78, 5) is 13.1. The minimum atomic E-state index is -1.72. The highest BCUT2D eigenvalue weighted by atomic mass is 16.7. The van der Waals surface area contributed by atoms with Crippen LogP contribution in [0.15, 0.2) is 72.9 Å². The molecule has 7 N–H and O–H groups in total. The number of hydrogen-bond donors (Lipinski definition) is 7. The van der Waals surface area contributed by atoms with Gasteiger partial charge in [0.1, 0.15) is 54.9 Å². The molecule has 0 aromatic rings. The highest BCUT2D eigenvalue weighted by molar-refractivity contribution is 5.69.